The van der Waals surface area contributed by atoms with E-state index in [9.17, 15) is 0 Å². The van der Waals surface area contributed by atoms with Gasteiger partial charge in [-0.25, -0.2) is 0 Å². The number of rotatable bonds is 2. The summed E-state index contributed by atoms with van der Waals surface area (Å²) in [4.78, 5) is 0. The average Bonchev–Trinajstić information content (AvgIpc) is 1.65. The molecule has 2 heteroatoms. The van der Waals surface area contributed by atoms with Gasteiger partial charge in [-0.15, -0.1) is 0 Å². The van der Waals surface area contributed by atoms with Crippen molar-refractivity contribution in [1.29, 1.82) is 5.41 Å². The van der Waals surface area contributed by atoms with Gasteiger partial charge in [0.05, 0.1) is 0 Å². The van der Waals surface area contributed by atoms with Crippen LogP contribution < -0.4 is 5.73 Å². The van der Waals surface area contributed by atoms with E-state index >= 15 is 0 Å². The molecule has 0 saturated carbocycles. The SMILES string of the molecule is CC/C(C)=C\C(=N)N.[HH]. The van der Waals surface area contributed by atoms with Crippen LogP contribution in [0, 0.1) is 5.41 Å². The van der Waals surface area contributed by atoms with E-state index in [0.29, 0.717) is 0 Å². The average molecular weight is 114 g/mol. The lowest BCUT2D eigenvalue weighted by atomic mass is 10.2. The Morgan fingerprint density at radius 1 is 1.88 bits per heavy atom. The normalized spacial score (nSPS) is 11.5. The van der Waals surface area contributed by atoms with Crippen LogP contribution in [0.2, 0.25) is 0 Å². The van der Waals surface area contributed by atoms with Gasteiger partial charge >= 0.3 is 0 Å². The van der Waals surface area contributed by atoms with Gasteiger partial charge in [0.15, 0.2) is 0 Å². The van der Waals surface area contributed by atoms with Crippen LogP contribution >= 0.6 is 0 Å². The molecular weight excluding hydrogens is 100 g/mol. The molecule has 0 aliphatic heterocycles. The molecule has 2 nitrogen and oxygen atoms in total. The van der Waals surface area contributed by atoms with Crippen molar-refractivity contribution in [3.63, 3.8) is 0 Å². The molecule has 0 aromatic carbocycles. The van der Waals surface area contributed by atoms with Gasteiger partial charge in [-0.2, -0.15) is 0 Å². The second-order valence-electron chi connectivity index (χ2n) is 1.80. The van der Waals surface area contributed by atoms with Crippen molar-refractivity contribution >= 4 is 5.84 Å². The predicted octanol–water partition coefficient (Wildman–Crippen LogP) is 1.52. The molecule has 0 amide bonds. The zero-order valence-electron chi connectivity index (χ0n) is 5.36. The first-order valence-electron chi connectivity index (χ1n) is 2.68. The topological polar surface area (TPSA) is 49.9 Å². The molecule has 0 aliphatic rings. The molecule has 0 atom stereocenters. The van der Waals surface area contributed by atoms with Crippen LogP contribution in [0.25, 0.3) is 0 Å². The molecule has 48 valence electrons. The van der Waals surface area contributed by atoms with E-state index in [0.717, 1.165) is 12.0 Å². The van der Waals surface area contributed by atoms with E-state index in [1.54, 1.807) is 6.08 Å². The number of hydrogen-bond donors (Lipinski definition) is 2. The Labute approximate surface area is 51.4 Å². The highest BCUT2D eigenvalue weighted by atomic mass is 14.7. The van der Waals surface area contributed by atoms with Crippen molar-refractivity contribution in [3.05, 3.63) is 11.6 Å². The molecule has 0 bridgehead atoms. The minimum absolute atomic E-state index is 0. The van der Waals surface area contributed by atoms with Crippen LogP contribution in [-0.4, -0.2) is 5.84 Å². The van der Waals surface area contributed by atoms with Crippen LogP contribution in [-0.2, 0) is 0 Å². The molecule has 0 unspecified atom stereocenters. The monoisotopic (exact) mass is 114 g/mol. The summed E-state index contributed by atoms with van der Waals surface area (Å²) in [5.41, 5.74) is 6.23. The molecule has 8 heavy (non-hydrogen) atoms. The lowest BCUT2D eigenvalue weighted by Gasteiger charge is -1.90. The maximum atomic E-state index is 6.83. The third kappa shape index (κ3) is 3.40. The molecule has 3 N–H and O–H groups in total. The maximum Gasteiger partial charge on any atom is 0.115 e. The fourth-order valence-electron chi connectivity index (χ4n) is 0.368. The second kappa shape index (κ2) is 3.24. The van der Waals surface area contributed by atoms with E-state index in [-0.39, 0.29) is 7.26 Å². The molecule has 0 aromatic rings. The van der Waals surface area contributed by atoms with Gasteiger partial charge in [-0.1, -0.05) is 12.5 Å². The fourth-order valence-corrected chi connectivity index (χ4v) is 0.368. The predicted molar refractivity (Wildman–Crippen MR) is 38.1 cm³/mol. The molecule has 0 radical (unpaired) electrons. The largest absolute Gasteiger partial charge is 0.384 e. The zero-order chi connectivity index (χ0) is 6.57. The summed E-state index contributed by atoms with van der Waals surface area (Å²) in [6.45, 7) is 4.00. The molecule has 0 aromatic heterocycles. The Balaban J connectivity index is 0. The quantitative estimate of drug-likeness (QED) is 0.415. The molecule has 0 fully saturated rings. The summed E-state index contributed by atoms with van der Waals surface area (Å²) in [6.07, 6.45) is 2.64. The summed E-state index contributed by atoms with van der Waals surface area (Å²) in [5.74, 6) is 0.143. The van der Waals surface area contributed by atoms with Crippen molar-refractivity contribution in [1.82, 2.24) is 0 Å². The van der Waals surface area contributed by atoms with Gasteiger partial charge in [0.25, 0.3) is 0 Å². The molecular formula is C6H14N2. The molecule has 0 spiro atoms. The first-order chi connectivity index (χ1) is 3.66. The van der Waals surface area contributed by atoms with Crippen LogP contribution in [0.3, 0.4) is 0 Å². The lowest BCUT2D eigenvalue weighted by molar-refractivity contribution is 1.10. The Kier molecular flexibility index (Phi) is 2.92. The molecule has 0 rings (SSSR count). The smallest absolute Gasteiger partial charge is 0.115 e. The van der Waals surface area contributed by atoms with Gasteiger partial charge in [0.1, 0.15) is 5.84 Å². The number of nitrogens with two attached hydrogens (primary N) is 1. The van der Waals surface area contributed by atoms with Crippen LogP contribution in [0.4, 0.5) is 0 Å². The number of nitrogens with one attached hydrogen (secondary N) is 1. The van der Waals surface area contributed by atoms with Gasteiger partial charge in [-0.05, 0) is 19.4 Å². The fraction of sp³-hybridized carbons (Fsp3) is 0.500. The highest BCUT2D eigenvalue weighted by molar-refractivity contribution is 5.89. The standard InChI is InChI=1S/C6H12N2.H2/c1-3-5(2)4-6(7)8;/h4H,3H2,1-2H3,(H3,7,8);1H/b5-4-;. The van der Waals surface area contributed by atoms with Gasteiger partial charge in [0.2, 0.25) is 0 Å². The molecule has 0 heterocycles. The Morgan fingerprint density at radius 2 is 2.38 bits per heavy atom. The Hall–Kier alpha value is -0.790. The summed E-state index contributed by atoms with van der Waals surface area (Å²) in [7, 11) is 0. The highest BCUT2D eigenvalue weighted by Crippen LogP contribution is 1.95. The highest BCUT2D eigenvalue weighted by Gasteiger charge is 1.82. The first-order valence-corrected chi connectivity index (χ1v) is 2.68. The third-order valence-electron chi connectivity index (χ3n) is 0.960. The van der Waals surface area contributed by atoms with E-state index in [4.69, 9.17) is 11.1 Å². The second-order valence-corrected chi connectivity index (χ2v) is 1.80. The Bertz CT molecular complexity index is 118. The first kappa shape index (κ1) is 7.21. The molecule has 0 aliphatic carbocycles. The van der Waals surface area contributed by atoms with Crippen molar-refractivity contribution in [2.75, 3.05) is 0 Å². The van der Waals surface area contributed by atoms with Gasteiger partial charge < -0.3 is 5.73 Å². The number of amidine groups is 1. The summed E-state index contributed by atoms with van der Waals surface area (Å²) in [5, 5.41) is 6.83. The van der Waals surface area contributed by atoms with E-state index in [1.165, 1.54) is 0 Å². The zero-order valence-corrected chi connectivity index (χ0v) is 5.36. The van der Waals surface area contributed by atoms with E-state index in [1.807, 2.05) is 13.8 Å². The maximum absolute atomic E-state index is 6.83. The van der Waals surface area contributed by atoms with Crippen LogP contribution in [0.15, 0.2) is 11.6 Å². The van der Waals surface area contributed by atoms with Crippen molar-refractivity contribution in [3.8, 4) is 0 Å². The van der Waals surface area contributed by atoms with Crippen molar-refractivity contribution in [2.45, 2.75) is 20.3 Å². The summed E-state index contributed by atoms with van der Waals surface area (Å²) < 4.78 is 0. The van der Waals surface area contributed by atoms with Crippen LogP contribution in [0.5, 0.6) is 0 Å². The summed E-state index contributed by atoms with van der Waals surface area (Å²) in [6, 6.07) is 0. The van der Waals surface area contributed by atoms with Gasteiger partial charge in [0, 0.05) is 1.43 Å². The van der Waals surface area contributed by atoms with E-state index < -0.39 is 0 Å². The third-order valence-corrected chi connectivity index (χ3v) is 0.960. The van der Waals surface area contributed by atoms with Crippen molar-refractivity contribution in [2.24, 2.45) is 5.73 Å². The number of allylic oxidation sites excluding steroid dienone is 1. The van der Waals surface area contributed by atoms with Crippen LogP contribution in [0.1, 0.15) is 21.7 Å². The number of hydrogen-bond acceptors (Lipinski definition) is 1. The Morgan fingerprint density at radius 3 is 2.50 bits per heavy atom. The van der Waals surface area contributed by atoms with Crippen molar-refractivity contribution < 1.29 is 1.43 Å². The van der Waals surface area contributed by atoms with E-state index in [2.05, 4.69) is 0 Å². The minimum atomic E-state index is 0. The van der Waals surface area contributed by atoms with Gasteiger partial charge in [-0.3, -0.25) is 5.41 Å². The minimum Gasteiger partial charge on any atom is -0.384 e. The molecule has 0 saturated heterocycles. The summed E-state index contributed by atoms with van der Waals surface area (Å²) >= 11 is 0. The lowest BCUT2D eigenvalue weighted by Crippen LogP contribution is -2.05.